The number of hydrogen-bond donors (Lipinski definition) is 1. The normalized spacial score (nSPS) is 27.8. The fraction of sp³-hybridized carbons (Fsp3) is 1.00. The van der Waals surface area contributed by atoms with E-state index >= 15 is 0 Å². The summed E-state index contributed by atoms with van der Waals surface area (Å²) in [5.41, 5.74) is 6.53. The lowest BCUT2D eigenvalue weighted by Crippen LogP contribution is -2.36. The topological polar surface area (TPSA) is 26.0 Å². The van der Waals surface area contributed by atoms with Gasteiger partial charge in [-0.2, -0.15) is 0 Å². The summed E-state index contributed by atoms with van der Waals surface area (Å²) in [5, 5.41) is 0. The number of rotatable bonds is 3. The molecule has 15 heavy (non-hydrogen) atoms. The summed E-state index contributed by atoms with van der Waals surface area (Å²) in [4.78, 5) is 0. The molecule has 0 heterocycles. The molecule has 2 fully saturated rings. The molecule has 2 aliphatic rings. The van der Waals surface area contributed by atoms with Crippen LogP contribution in [0.2, 0.25) is 0 Å². The highest BCUT2D eigenvalue weighted by Crippen LogP contribution is 2.50. The molecule has 0 aromatic heterocycles. The van der Waals surface area contributed by atoms with Gasteiger partial charge in [-0.3, -0.25) is 0 Å². The summed E-state index contributed by atoms with van der Waals surface area (Å²) in [5.74, 6) is 1.02. The van der Waals surface area contributed by atoms with Gasteiger partial charge in [0, 0.05) is 0 Å². The van der Waals surface area contributed by atoms with Crippen molar-refractivity contribution in [2.75, 3.05) is 6.54 Å². The Kier molecular flexibility index (Phi) is 4.07. The highest BCUT2D eigenvalue weighted by molar-refractivity contribution is 4.90. The smallest absolute Gasteiger partial charge is 0.00719 e. The maximum absolute atomic E-state index is 5.85. The lowest BCUT2D eigenvalue weighted by atomic mass is 9.60. The van der Waals surface area contributed by atoms with Gasteiger partial charge in [0.1, 0.15) is 0 Å². The van der Waals surface area contributed by atoms with Gasteiger partial charge in [-0.15, -0.1) is 0 Å². The second-order valence-electron chi connectivity index (χ2n) is 5.80. The van der Waals surface area contributed by atoms with Gasteiger partial charge >= 0.3 is 0 Å². The first-order valence-corrected chi connectivity index (χ1v) is 7.07. The van der Waals surface area contributed by atoms with Crippen molar-refractivity contribution < 1.29 is 0 Å². The van der Waals surface area contributed by atoms with Crippen molar-refractivity contribution in [1.29, 1.82) is 0 Å². The van der Waals surface area contributed by atoms with Crippen LogP contribution in [0.1, 0.15) is 70.6 Å². The quantitative estimate of drug-likeness (QED) is 0.750. The zero-order valence-corrected chi connectivity index (χ0v) is 10.1. The summed E-state index contributed by atoms with van der Waals surface area (Å²) >= 11 is 0. The minimum atomic E-state index is 0.674. The lowest BCUT2D eigenvalue weighted by Gasteiger charge is -2.45. The molecule has 0 radical (unpaired) electrons. The largest absolute Gasteiger partial charge is 0.330 e. The molecule has 88 valence electrons. The predicted molar refractivity (Wildman–Crippen MR) is 65.8 cm³/mol. The van der Waals surface area contributed by atoms with E-state index in [1.54, 1.807) is 0 Å². The first kappa shape index (κ1) is 11.4. The number of nitrogens with two attached hydrogens (primary N) is 1. The Labute approximate surface area is 94.8 Å². The van der Waals surface area contributed by atoms with Gasteiger partial charge in [-0.25, -0.2) is 0 Å². The van der Waals surface area contributed by atoms with Crippen molar-refractivity contribution in [2.45, 2.75) is 70.6 Å². The van der Waals surface area contributed by atoms with Crippen LogP contribution in [0.3, 0.4) is 0 Å². The molecular weight excluding hydrogens is 182 g/mol. The summed E-state index contributed by atoms with van der Waals surface area (Å²) in [6, 6.07) is 0. The molecule has 2 saturated carbocycles. The van der Waals surface area contributed by atoms with E-state index in [1.807, 2.05) is 0 Å². The zero-order chi connectivity index (χ0) is 10.6. The maximum Gasteiger partial charge on any atom is -0.00719 e. The molecule has 1 nitrogen and oxygen atoms in total. The number of hydrogen-bond acceptors (Lipinski definition) is 1. The van der Waals surface area contributed by atoms with E-state index in [0.717, 1.165) is 12.5 Å². The van der Waals surface area contributed by atoms with Gasteiger partial charge in [0.05, 0.1) is 0 Å². The van der Waals surface area contributed by atoms with Crippen LogP contribution in [0.5, 0.6) is 0 Å². The molecule has 1 heteroatoms. The molecule has 2 N–H and O–H groups in total. The van der Waals surface area contributed by atoms with Gasteiger partial charge < -0.3 is 5.73 Å². The van der Waals surface area contributed by atoms with Gasteiger partial charge in [0.15, 0.2) is 0 Å². The van der Waals surface area contributed by atoms with E-state index in [2.05, 4.69) is 0 Å². The Morgan fingerprint density at radius 2 is 1.47 bits per heavy atom. The Balaban J connectivity index is 2.01. The summed E-state index contributed by atoms with van der Waals surface area (Å²) in [7, 11) is 0. The third kappa shape index (κ3) is 2.55. The van der Waals surface area contributed by atoms with Crippen LogP contribution in [0, 0.1) is 11.3 Å². The molecular formula is C14H27N. The van der Waals surface area contributed by atoms with E-state index in [9.17, 15) is 0 Å². The SMILES string of the molecule is NCCC1(C2CCCCC2)CCCCC1. The Morgan fingerprint density at radius 1 is 0.867 bits per heavy atom. The molecule has 0 bridgehead atoms. The predicted octanol–water partition coefficient (Wildman–Crippen LogP) is 3.87. The molecule has 0 aliphatic heterocycles. The van der Waals surface area contributed by atoms with E-state index in [0.29, 0.717) is 5.41 Å². The monoisotopic (exact) mass is 209 g/mol. The minimum Gasteiger partial charge on any atom is -0.330 e. The van der Waals surface area contributed by atoms with Gasteiger partial charge in [0.2, 0.25) is 0 Å². The van der Waals surface area contributed by atoms with Crippen molar-refractivity contribution in [3.8, 4) is 0 Å². The van der Waals surface area contributed by atoms with Crippen molar-refractivity contribution in [3.05, 3.63) is 0 Å². The van der Waals surface area contributed by atoms with Crippen molar-refractivity contribution >= 4 is 0 Å². The molecule has 0 aromatic carbocycles. The van der Waals surface area contributed by atoms with Crippen molar-refractivity contribution in [2.24, 2.45) is 17.1 Å². The second kappa shape index (κ2) is 5.34. The molecule has 2 aliphatic carbocycles. The molecule has 2 rings (SSSR count). The van der Waals surface area contributed by atoms with Crippen LogP contribution in [0.4, 0.5) is 0 Å². The fourth-order valence-corrected chi connectivity index (χ4v) is 4.12. The van der Waals surface area contributed by atoms with E-state index in [1.165, 1.54) is 70.6 Å². The zero-order valence-electron chi connectivity index (χ0n) is 10.1. The molecule has 0 saturated heterocycles. The minimum absolute atomic E-state index is 0.674. The standard InChI is InChI=1S/C14H27N/c15-12-11-14(9-5-2-6-10-14)13-7-3-1-4-8-13/h13H,1-12,15H2. The highest BCUT2D eigenvalue weighted by Gasteiger charge is 2.38. The summed E-state index contributed by atoms with van der Waals surface area (Å²) in [6.07, 6.45) is 16.1. The van der Waals surface area contributed by atoms with Crippen molar-refractivity contribution in [1.82, 2.24) is 0 Å². The second-order valence-corrected chi connectivity index (χ2v) is 5.80. The molecule has 0 amide bonds. The van der Waals surface area contributed by atoms with Crippen LogP contribution in [0.25, 0.3) is 0 Å². The van der Waals surface area contributed by atoms with Gasteiger partial charge in [-0.05, 0) is 50.0 Å². The average molecular weight is 209 g/mol. The van der Waals surface area contributed by atoms with Crippen molar-refractivity contribution in [3.63, 3.8) is 0 Å². The molecule has 0 aromatic rings. The van der Waals surface area contributed by atoms with Crippen LogP contribution < -0.4 is 5.73 Å². The molecule has 0 unspecified atom stereocenters. The first-order chi connectivity index (χ1) is 7.37. The third-order valence-corrected chi connectivity index (χ3v) is 4.96. The average Bonchev–Trinajstić information content (AvgIpc) is 2.32. The Bertz CT molecular complexity index is 170. The molecule has 0 atom stereocenters. The van der Waals surface area contributed by atoms with E-state index in [4.69, 9.17) is 5.73 Å². The fourth-order valence-electron chi connectivity index (χ4n) is 4.12. The maximum atomic E-state index is 5.85. The summed E-state index contributed by atoms with van der Waals surface area (Å²) < 4.78 is 0. The van der Waals surface area contributed by atoms with E-state index in [-0.39, 0.29) is 0 Å². The lowest BCUT2D eigenvalue weighted by molar-refractivity contribution is 0.0601. The van der Waals surface area contributed by atoms with Crippen LogP contribution in [-0.2, 0) is 0 Å². The third-order valence-electron chi connectivity index (χ3n) is 4.96. The van der Waals surface area contributed by atoms with Gasteiger partial charge in [0.25, 0.3) is 0 Å². The van der Waals surface area contributed by atoms with Crippen LogP contribution in [-0.4, -0.2) is 6.54 Å². The molecule has 0 spiro atoms. The van der Waals surface area contributed by atoms with Crippen LogP contribution >= 0.6 is 0 Å². The van der Waals surface area contributed by atoms with Gasteiger partial charge in [-0.1, -0.05) is 38.5 Å². The van der Waals surface area contributed by atoms with E-state index < -0.39 is 0 Å². The van der Waals surface area contributed by atoms with Crippen LogP contribution in [0.15, 0.2) is 0 Å². The summed E-state index contributed by atoms with van der Waals surface area (Å²) in [6.45, 7) is 0.913. The Hall–Kier alpha value is -0.0400. The first-order valence-electron chi connectivity index (χ1n) is 7.07. The Morgan fingerprint density at radius 3 is 2.07 bits per heavy atom. The highest BCUT2D eigenvalue weighted by atomic mass is 14.6.